The molecule has 2 heterocycles. The molecule has 0 fully saturated rings. The standard InChI is InChI=1S/C20H20Cl2N4O3/c1-3-13(11-17(27)28)26(16-6-4-5-9-23-16)20(29)12-7-8-15-14(10-12)24-19(18(21)22)25(15)2/h4-10,13,18H,3,11H2,1-2H3,(H,27,28). The summed E-state index contributed by atoms with van der Waals surface area (Å²) >= 11 is 11.9. The minimum absolute atomic E-state index is 0.186. The first kappa shape index (κ1) is 21.1. The lowest BCUT2D eigenvalue weighted by Gasteiger charge is -2.29. The molecule has 7 nitrogen and oxygen atoms in total. The van der Waals surface area contributed by atoms with Crippen LogP contribution in [0.5, 0.6) is 0 Å². The van der Waals surface area contributed by atoms with Crippen LogP contribution in [0.25, 0.3) is 11.0 Å². The Morgan fingerprint density at radius 2 is 2.00 bits per heavy atom. The van der Waals surface area contributed by atoms with Crippen molar-refractivity contribution >= 4 is 51.9 Å². The summed E-state index contributed by atoms with van der Waals surface area (Å²) < 4.78 is 1.77. The second-order valence-electron chi connectivity index (χ2n) is 6.56. The van der Waals surface area contributed by atoms with Crippen LogP contribution >= 0.6 is 23.2 Å². The van der Waals surface area contributed by atoms with E-state index >= 15 is 0 Å². The predicted molar refractivity (Wildman–Crippen MR) is 113 cm³/mol. The molecule has 3 aromatic rings. The summed E-state index contributed by atoms with van der Waals surface area (Å²) in [7, 11) is 1.80. The van der Waals surface area contributed by atoms with Gasteiger partial charge in [0.2, 0.25) is 0 Å². The average Bonchev–Trinajstić information content (AvgIpc) is 3.04. The molecule has 1 aromatic carbocycles. The van der Waals surface area contributed by atoms with Gasteiger partial charge in [-0.05, 0) is 36.8 Å². The Morgan fingerprint density at radius 1 is 1.24 bits per heavy atom. The van der Waals surface area contributed by atoms with E-state index in [1.165, 1.54) is 4.90 Å². The van der Waals surface area contributed by atoms with Crippen molar-refractivity contribution in [2.75, 3.05) is 4.90 Å². The Kier molecular flexibility index (Phi) is 6.39. The van der Waals surface area contributed by atoms with E-state index in [-0.39, 0.29) is 12.3 Å². The fourth-order valence-corrected chi connectivity index (χ4v) is 3.65. The predicted octanol–water partition coefficient (Wildman–Crippen LogP) is 4.34. The summed E-state index contributed by atoms with van der Waals surface area (Å²) in [5.41, 5.74) is 1.73. The van der Waals surface area contributed by atoms with Gasteiger partial charge in [-0.15, -0.1) is 0 Å². The van der Waals surface area contributed by atoms with Crippen LogP contribution in [0.1, 0.15) is 40.8 Å². The number of alkyl halides is 2. The number of nitrogens with zero attached hydrogens (tertiary/aromatic N) is 4. The minimum atomic E-state index is -0.981. The van der Waals surface area contributed by atoms with Crippen LogP contribution in [0, 0.1) is 0 Å². The van der Waals surface area contributed by atoms with Gasteiger partial charge in [0.25, 0.3) is 5.91 Å². The van der Waals surface area contributed by atoms with Crippen LogP contribution < -0.4 is 4.90 Å². The summed E-state index contributed by atoms with van der Waals surface area (Å²) in [6.45, 7) is 1.84. The molecule has 1 atom stereocenters. The van der Waals surface area contributed by atoms with Gasteiger partial charge in [0.15, 0.2) is 4.84 Å². The van der Waals surface area contributed by atoms with Gasteiger partial charge in [-0.3, -0.25) is 14.5 Å². The summed E-state index contributed by atoms with van der Waals surface area (Å²) in [6, 6.07) is 9.74. The van der Waals surface area contributed by atoms with Gasteiger partial charge in [0.05, 0.1) is 17.5 Å². The summed E-state index contributed by atoms with van der Waals surface area (Å²) in [5.74, 6) is -0.453. The van der Waals surface area contributed by atoms with Crippen molar-refractivity contribution in [3.63, 3.8) is 0 Å². The first-order chi connectivity index (χ1) is 13.8. The molecule has 0 aliphatic carbocycles. The highest BCUT2D eigenvalue weighted by Crippen LogP contribution is 2.28. The average molecular weight is 435 g/mol. The van der Waals surface area contributed by atoms with Crippen LogP contribution in [0.15, 0.2) is 42.6 Å². The maximum Gasteiger partial charge on any atom is 0.305 e. The molecule has 0 bridgehead atoms. The van der Waals surface area contributed by atoms with Gasteiger partial charge >= 0.3 is 5.97 Å². The minimum Gasteiger partial charge on any atom is -0.481 e. The third-order valence-corrected chi connectivity index (χ3v) is 5.11. The molecule has 3 rings (SSSR count). The number of rotatable bonds is 7. The number of benzene rings is 1. The molecule has 2 aromatic heterocycles. The zero-order valence-electron chi connectivity index (χ0n) is 15.9. The number of imidazole rings is 1. The Balaban J connectivity index is 2.06. The number of carboxylic acid groups (broad SMARTS) is 1. The number of hydrogen-bond acceptors (Lipinski definition) is 4. The second kappa shape index (κ2) is 8.80. The molecular weight excluding hydrogens is 415 g/mol. The van der Waals surface area contributed by atoms with Gasteiger partial charge in [-0.25, -0.2) is 9.97 Å². The zero-order chi connectivity index (χ0) is 21.1. The quantitative estimate of drug-likeness (QED) is 0.558. The number of anilines is 1. The number of carboxylic acids is 1. The van der Waals surface area contributed by atoms with Gasteiger partial charge in [-0.1, -0.05) is 36.2 Å². The van der Waals surface area contributed by atoms with E-state index in [0.717, 1.165) is 5.52 Å². The van der Waals surface area contributed by atoms with Gasteiger partial charge < -0.3 is 9.67 Å². The van der Waals surface area contributed by atoms with E-state index in [9.17, 15) is 14.7 Å². The molecule has 0 saturated heterocycles. The van der Waals surface area contributed by atoms with Crippen molar-refractivity contribution < 1.29 is 14.7 Å². The van der Waals surface area contributed by atoms with Gasteiger partial charge in [0.1, 0.15) is 11.6 Å². The molecule has 152 valence electrons. The lowest BCUT2D eigenvalue weighted by atomic mass is 10.1. The molecule has 1 N–H and O–H groups in total. The van der Waals surface area contributed by atoms with Crippen molar-refractivity contribution in [3.05, 3.63) is 54.0 Å². The zero-order valence-corrected chi connectivity index (χ0v) is 17.4. The lowest BCUT2D eigenvalue weighted by Crippen LogP contribution is -2.42. The summed E-state index contributed by atoms with van der Waals surface area (Å²) in [5, 5.41) is 9.29. The molecule has 0 aliphatic rings. The first-order valence-electron chi connectivity index (χ1n) is 9.04. The Labute approximate surface area is 177 Å². The van der Waals surface area contributed by atoms with E-state index in [0.29, 0.717) is 29.1 Å². The number of fused-ring (bicyclic) bond motifs is 1. The number of carbonyl (C=O) groups excluding carboxylic acids is 1. The molecule has 29 heavy (non-hydrogen) atoms. The van der Waals surface area contributed by atoms with Crippen molar-refractivity contribution in [1.29, 1.82) is 0 Å². The Hall–Kier alpha value is -2.64. The Morgan fingerprint density at radius 3 is 2.59 bits per heavy atom. The third-order valence-electron chi connectivity index (χ3n) is 4.72. The van der Waals surface area contributed by atoms with E-state index in [1.807, 2.05) is 6.92 Å². The van der Waals surface area contributed by atoms with E-state index in [1.54, 1.807) is 54.2 Å². The lowest BCUT2D eigenvalue weighted by molar-refractivity contribution is -0.137. The smallest absolute Gasteiger partial charge is 0.305 e. The normalized spacial score (nSPS) is 12.3. The summed E-state index contributed by atoms with van der Waals surface area (Å²) in [6.07, 6.45) is 1.85. The fourth-order valence-electron chi connectivity index (χ4n) is 3.26. The largest absolute Gasteiger partial charge is 0.481 e. The third kappa shape index (κ3) is 4.36. The summed E-state index contributed by atoms with van der Waals surface area (Å²) in [4.78, 5) is 34.1. The number of halogens is 2. The van der Waals surface area contributed by atoms with Crippen LogP contribution in [-0.4, -0.2) is 37.6 Å². The molecular formula is C20H20Cl2N4O3. The van der Waals surface area contributed by atoms with Crippen LogP contribution in [-0.2, 0) is 11.8 Å². The van der Waals surface area contributed by atoms with Crippen LogP contribution in [0.3, 0.4) is 0 Å². The molecule has 0 spiro atoms. The van der Waals surface area contributed by atoms with E-state index < -0.39 is 16.8 Å². The Bertz CT molecular complexity index is 1040. The number of amides is 1. The van der Waals surface area contributed by atoms with Crippen molar-refractivity contribution in [1.82, 2.24) is 14.5 Å². The molecule has 1 amide bonds. The number of carbonyl (C=O) groups is 2. The first-order valence-corrected chi connectivity index (χ1v) is 9.91. The molecule has 0 aliphatic heterocycles. The SMILES string of the molecule is CCC(CC(=O)O)N(C(=O)c1ccc2c(c1)nc(C(Cl)Cl)n2C)c1ccccn1. The van der Waals surface area contributed by atoms with Crippen molar-refractivity contribution in [3.8, 4) is 0 Å². The molecule has 1 unspecified atom stereocenters. The van der Waals surface area contributed by atoms with Crippen molar-refractivity contribution in [2.45, 2.75) is 30.6 Å². The monoisotopic (exact) mass is 434 g/mol. The topological polar surface area (TPSA) is 88.3 Å². The van der Waals surface area contributed by atoms with E-state index in [4.69, 9.17) is 23.2 Å². The maximum absolute atomic E-state index is 13.4. The highest BCUT2D eigenvalue weighted by molar-refractivity contribution is 6.43. The van der Waals surface area contributed by atoms with Gasteiger partial charge in [-0.2, -0.15) is 0 Å². The number of aromatic nitrogens is 3. The van der Waals surface area contributed by atoms with Crippen LogP contribution in [0.4, 0.5) is 5.82 Å². The molecule has 0 saturated carbocycles. The maximum atomic E-state index is 13.4. The highest BCUT2D eigenvalue weighted by Gasteiger charge is 2.28. The van der Waals surface area contributed by atoms with Gasteiger partial charge in [0, 0.05) is 24.8 Å². The van der Waals surface area contributed by atoms with E-state index in [2.05, 4.69) is 9.97 Å². The molecule has 0 radical (unpaired) electrons. The van der Waals surface area contributed by atoms with Crippen LogP contribution in [0.2, 0.25) is 0 Å². The van der Waals surface area contributed by atoms with Crippen molar-refractivity contribution in [2.24, 2.45) is 7.05 Å². The second-order valence-corrected chi connectivity index (χ2v) is 7.65. The fraction of sp³-hybridized carbons (Fsp3) is 0.300. The molecule has 9 heteroatoms. The number of aliphatic carboxylic acids is 1. The number of hydrogen-bond donors (Lipinski definition) is 1. The number of aryl methyl sites for hydroxylation is 1. The highest BCUT2D eigenvalue weighted by atomic mass is 35.5. The number of pyridine rings is 1.